The van der Waals surface area contributed by atoms with Crippen molar-refractivity contribution < 1.29 is 9.59 Å². The third kappa shape index (κ3) is 3.72. The second-order valence-corrected chi connectivity index (χ2v) is 4.75. The Morgan fingerprint density at radius 2 is 1.84 bits per heavy atom. The number of nitrogens with zero attached hydrogens (tertiary/aromatic N) is 1. The van der Waals surface area contributed by atoms with E-state index >= 15 is 0 Å². The average molecular weight is 319 g/mol. The van der Waals surface area contributed by atoms with Gasteiger partial charge < -0.3 is 5.32 Å². The molecule has 1 heterocycles. The fourth-order valence-corrected chi connectivity index (χ4v) is 1.72. The molecule has 0 saturated heterocycles. The molecule has 1 amide bonds. The Morgan fingerprint density at radius 1 is 1.11 bits per heavy atom. The fraction of sp³-hybridized carbons (Fsp3) is 0.0714. The largest absolute Gasteiger partial charge is 0.343 e. The number of amides is 1. The number of aromatic nitrogens is 1. The van der Waals surface area contributed by atoms with Crippen LogP contribution in [0.25, 0.3) is 0 Å². The third-order valence-corrected chi connectivity index (χ3v) is 2.93. The predicted octanol–water partition coefficient (Wildman–Crippen LogP) is 2.46. The summed E-state index contributed by atoms with van der Waals surface area (Å²) in [6.45, 7) is -0.0411. The molecule has 1 aromatic carbocycles. The minimum atomic E-state index is -0.364. The normalized spacial score (nSPS) is 9.95. The lowest BCUT2D eigenvalue weighted by atomic mass is 10.1. The molecule has 5 heteroatoms. The van der Waals surface area contributed by atoms with Crippen molar-refractivity contribution in [3.8, 4) is 0 Å². The van der Waals surface area contributed by atoms with Crippen LogP contribution in [-0.2, 0) is 0 Å². The van der Waals surface area contributed by atoms with Crippen LogP contribution in [0.2, 0.25) is 0 Å². The lowest BCUT2D eigenvalue weighted by molar-refractivity contribution is 0.0901. The number of hydrogen-bond acceptors (Lipinski definition) is 3. The van der Waals surface area contributed by atoms with Gasteiger partial charge in [-0.1, -0.05) is 30.3 Å². The van der Waals surface area contributed by atoms with E-state index in [9.17, 15) is 9.59 Å². The van der Waals surface area contributed by atoms with Crippen molar-refractivity contribution in [3.05, 3.63) is 64.4 Å². The number of rotatable bonds is 4. The van der Waals surface area contributed by atoms with Crippen LogP contribution in [0.15, 0.2) is 53.1 Å². The van der Waals surface area contributed by atoms with Gasteiger partial charge in [0.25, 0.3) is 5.91 Å². The maximum Gasteiger partial charge on any atom is 0.270 e. The number of pyridine rings is 1. The number of benzene rings is 1. The molecule has 0 saturated carbocycles. The first kappa shape index (κ1) is 13.4. The minimum absolute atomic E-state index is 0.0411. The van der Waals surface area contributed by atoms with Crippen molar-refractivity contribution >= 4 is 27.6 Å². The van der Waals surface area contributed by atoms with Crippen molar-refractivity contribution in [2.45, 2.75) is 0 Å². The number of Topliss-reactive ketones (excluding diaryl/α,β-unsaturated/α-hetero) is 1. The van der Waals surface area contributed by atoms with Crippen molar-refractivity contribution in [2.24, 2.45) is 0 Å². The maximum absolute atomic E-state index is 11.8. The summed E-state index contributed by atoms with van der Waals surface area (Å²) < 4.78 is 0.796. The molecule has 96 valence electrons. The highest BCUT2D eigenvalue weighted by atomic mass is 79.9. The van der Waals surface area contributed by atoms with Gasteiger partial charge in [-0.25, -0.2) is 4.98 Å². The van der Waals surface area contributed by atoms with Crippen LogP contribution >= 0.6 is 15.9 Å². The maximum atomic E-state index is 11.8. The molecule has 0 fully saturated rings. The molecule has 2 rings (SSSR count). The van der Waals surface area contributed by atoms with Crippen LogP contribution in [0.4, 0.5) is 0 Å². The van der Waals surface area contributed by atoms with Crippen LogP contribution in [0.3, 0.4) is 0 Å². The predicted molar refractivity (Wildman–Crippen MR) is 75.0 cm³/mol. The third-order valence-electron chi connectivity index (χ3n) is 2.47. The van der Waals surface area contributed by atoms with E-state index in [4.69, 9.17) is 0 Å². The van der Waals surface area contributed by atoms with Gasteiger partial charge >= 0.3 is 0 Å². The van der Waals surface area contributed by atoms with Gasteiger partial charge in [-0.2, -0.15) is 0 Å². The lowest BCUT2D eigenvalue weighted by Gasteiger charge is -2.04. The van der Waals surface area contributed by atoms with E-state index in [0.717, 1.165) is 4.47 Å². The van der Waals surface area contributed by atoms with E-state index in [0.29, 0.717) is 5.56 Å². The molecule has 2 aromatic rings. The summed E-state index contributed by atoms with van der Waals surface area (Å²) in [6, 6.07) is 12.1. The van der Waals surface area contributed by atoms with Gasteiger partial charge in [-0.3, -0.25) is 9.59 Å². The van der Waals surface area contributed by atoms with E-state index in [1.54, 1.807) is 36.4 Å². The minimum Gasteiger partial charge on any atom is -0.343 e. The van der Waals surface area contributed by atoms with Gasteiger partial charge in [0.2, 0.25) is 0 Å². The molecule has 0 atom stereocenters. The number of nitrogens with one attached hydrogen (secondary N) is 1. The van der Waals surface area contributed by atoms with Gasteiger partial charge in [0.05, 0.1) is 6.54 Å². The highest BCUT2D eigenvalue weighted by molar-refractivity contribution is 9.10. The molecule has 19 heavy (non-hydrogen) atoms. The monoisotopic (exact) mass is 318 g/mol. The lowest BCUT2D eigenvalue weighted by Crippen LogP contribution is -2.30. The Bertz CT molecular complexity index is 582. The molecule has 0 radical (unpaired) electrons. The Hall–Kier alpha value is -2.01. The van der Waals surface area contributed by atoms with Gasteiger partial charge in [-0.05, 0) is 28.1 Å². The topological polar surface area (TPSA) is 59.1 Å². The molecule has 4 nitrogen and oxygen atoms in total. The Labute approximate surface area is 119 Å². The molecule has 0 aliphatic heterocycles. The van der Waals surface area contributed by atoms with Gasteiger partial charge in [-0.15, -0.1) is 0 Å². The molecule has 0 aliphatic carbocycles. The number of carbonyl (C=O) groups excluding carboxylic acids is 2. The second kappa shape index (κ2) is 6.24. The van der Waals surface area contributed by atoms with E-state index in [1.807, 2.05) is 6.07 Å². The number of ketones is 1. The number of hydrogen-bond donors (Lipinski definition) is 1. The summed E-state index contributed by atoms with van der Waals surface area (Å²) in [4.78, 5) is 27.5. The van der Waals surface area contributed by atoms with Crippen molar-refractivity contribution in [3.63, 3.8) is 0 Å². The zero-order valence-electron chi connectivity index (χ0n) is 9.97. The Morgan fingerprint density at radius 3 is 2.47 bits per heavy atom. The molecule has 0 spiro atoms. The highest BCUT2D eigenvalue weighted by Crippen LogP contribution is 2.07. The molecule has 0 aliphatic rings. The highest BCUT2D eigenvalue weighted by Gasteiger charge is 2.10. The summed E-state index contributed by atoms with van der Waals surface area (Å²) >= 11 is 3.24. The quantitative estimate of drug-likeness (QED) is 0.881. The van der Waals surface area contributed by atoms with Crippen LogP contribution in [0, 0.1) is 0 Å². The molecule has 0 bridgehead atoms. The molecular weight excluding hydrogens is 308 g/mol. The van der Waals surface area contributed by atoms with Crippen LogP contribution in [0.5, 0.6) is 0 Å². The van der Waals surface area contributed by atoms with Crippen molar-refractivity contribution in [2.75, 3.05) is 6.54 Å². The number of carbonyl (C=O) groups is 2. The molecule has 1 N–H and O–H groups in total. The standard InChI is InChI=1S/C14H11BrN2O2/c15-11-6-7-12(16-8-11)14(19)17-9-13(18)10-4-2-1-3-5-10/h1-8H,9H2,(H,17,19). The Balaban J connectivity index is 1.94. The smallest absolute Gasteiger partial charge is 0.270 e. The zero-order valence-corrected chi connectivity index (χ0v) is 11.6. The molecule has 0 unspecified atom stereocenters. The fourth-order valence-electron chi connectivity index (χ4n) is 1.49. The van der Waals surface area contributed by atoms with Crippen molar-refractivity contribution in [1.29, 1.82) is 0 Å². The van der Waals surface area contributed by atoms with E-state index in [2.05, 4.69) is 26.2 Å². The summed E-state index contributed by atoms with van der Waals surface area (Å²) in [5.74, 6) is -0.497. The van der Waals surface area contributed by atoms with Crippen LogP contribution in [0.1, 0.15) is 20.8 Å². The van der Waals surface area contributed by atoms with Crippen LogP contribution < -0.4 is 5.32 Å². The van der Waals surface area contributed by atoms with Gasteiger partial charge in [0.1, 0.15) is 5.69 Å². The summed E-state index contributed by atoms with van der Waals surface area (Å²) in [5, 5.41) is 2.55. The molecule has 1 aromatic heterocycles. The first-order chi connectivity index (χ1) is 9.16. The van der Waals surface area contributed by atoms with Crippen molar-refractivity contribution in [1.82, 2.24) is 10.3 Å². The zero-order chi connectivity index (χ0) is 13.7. The number of halogens is 1. The Kier molecular flexibility index (Phi) is 4.41. The molecular formula is C14H11BrN2O2. The summed E-state index contributed by atoms with van der Waals surface area (Å²) in [6.07, 6.45) is 1.54. The summed E-state index contributed by atoms with van der Waals surface area (Å²) in [5.41, 5.74) is 0.857. The summed E-state index contributed by atoms with van der Waals surface area (Å²) in [7, 11) is 0. The second-order valence-electron chi connectivity index (χ2n) is 3.83. The first-order valence-corrected chi connectivity index (χ1v) is 6.44. The SMILES string of the molecule is O=C(CNC(=O)c1ccc(Br)cn1)c1ccccc1. The van der Waals surface area contributed by atoms with E-state index in [1.165, 1.54) is 6.20 Å². The van der Waals surface area contributed by atoms with Crippen LogP contribution in [-0.4, -0.2) is 23.2 Å². The van der Waals surface area contributed by atoms with Gasteiger partial charge in [0.15, 0.2) is 5.78 Å². The van der Waals surface area contributed by atoms with E-state index in [-0.39, 0.29) is 23.9 Å². The average Bonchev–Trinajstić information content (AvgIpc) is 2.46. The van der Waals surface area contributed by atoms with Gasteiger partial charge in [0, 0.05) is 16.2 Å². The van der Waals surface area contributed by atoms with E-state index < -0.39 is 0 Å². The first-order valence-electron chi connectivity index (χ1n) is 5.65.